The quantitative estimate of drug-likeness (QED) is 0.649. The van der Waals surface area contributed by atoms with Gasteiger partial charge in [-0.05, 0) is 55.8 Å². The smallest absolute Gasteiger partial charge is 0.0727 e. The molecule has 0 saturated carbocycles. The number of halogens is 1. The summed E-state index contributed by atoms with van der Waals surface area (Å²) in [6.45, 7) is 4.06. The number of nitrogens with two attached hydrogens (primary N) is 1. The molecular weight excluding hydrogens is 326 g/mol. The van der Waals surface area contributed by atoms with Gasteiger partial charge in [-0.25, -0.2) is 0 Å². The number of fused-ring (bicyclic) bond motifs is 1. The lowest BCUT2D eigenvalue weighted by Gasteiger charge is -2.12. The van der Waals surface area contributed by atoms with Gasteiger partial charge < -0.3 is 11.1 Å². The molecule has 3 aromatic rings. The fourth-order valence-electron chi connectivity index (χ4n) is 2.31. The maximum absolute atomic E-state index is 5.91. The second-order valence-electron chi connectivity index (χ2n) is 5.18. The average molecular weight is 342 g/mol. The van der Waals surface area contributed by atoms with Crippen LogP contribution in [-0.4, -0.2) is 4.98 Å². The Morgan fingerprint density at radius 2 is 1.86 bits per heavy atom. The molecule has 0 spiro atoms. The summed E-state index contributed by atoms with van der Waals surface area (Å²) < 4.78 is 1.09. The highest BCUT2D eigenvalue weighted by Crippen LogP contribution is 2.29. The Morgan fingerprint density at radius 3 is 2.62 bits per heavy atom. The van der Waals surface area contributed by atoms with Gasteiger partial charge in [-0.2, -0.15) is 0 Å². The van der Waals surface area contributed by atoms with E-state index in [1.807, 2.05) is 31.2 Å². The minimum atomic E-state index is 0.737. The highest BCUT2D eigenvalue weighted by Gasteiger charge is 2.06. The second kappa shape index (κ2) is 5.37. The van der Waals surface area contributed by atoms with Crippen molar-refractivity contribution in [3.8, 4) is 0 Å². The Bertz CT molecular complexity index is 828. The number of aryl methyl sites for hydroxylation is 2. The van der Waals surface area contributed by atoms with Crippen LogP contribution < -0.4 is 11.1 Å². The summed E-state index contributed by atoms with van der Waals surface area (Å²) >= 11 is 3.56. The van der Waals surface area contributed by atoms with E-state index in [1.54, 1.807) is 0 Å². The first-order chi connectivity index (χ1) is 10.0. The van der Waals surface area contributed by atoms with E-state index in [0.717, 1.165) is 38.1 Å². The Labute approximate surface area is 132 Å². The van der Waals surface area contributed by atoms with Gasteiger partial charge in [-0.3, -0.25) is 4.98 Å². The number of hydrogen-bond donors (Lipinski definition) is 2. The third-order valence-corrected chi connectivity index (χ3v) is 4.27. The van der Waals surface area contributed by atoms with E-state index in [0.29, 0.717) is 0 Å². The van der Waals surface area contributed by atoms with E-state index in [9.17, 15) is 0 Å². The summed E-state index contributed by atoms with van der Waals surface area (Å²) in [4.78, 5) is 4.55. The third-order valence-electron chi connectivity index (χ3n) is 3.41. The van der Waals surface area contributed by atoms with Gasteiger partial charge in [0.05, 0.1) is 5.52 Å². The van der Waals surface area contributed by atoms with Gasteiger partial charge in [-0.1, -0.05) is 22.0 Å². The van der Waals surface area contributed by atoms with E-state index in [1.165, 1.54) is 5.56 Å². The van der Waals surface area contributed by atoms with E-state index in [-0.39, 0.29) is 0 Å². The summed E-state index contributed by atoms with van der Waals surface area (Å²) in [6, 6.07) is 14.0. The molecule has 3 N–H and O–H groups in total. The standard InChI is InChI=1S/C17H16BrN3/c1-10-3-5-13(9-15(10)18)21-17-7-11(2)20-16-6-4-12(19)8-14(16)17/h3-9H,19H2,1-2H3,(H,20,21). The normalized spacial score (nSPS) is 10.8. The van der Waals surface area contributed by atoms with Crippen LogP contribution in [0.5, 0.6) is 0 Å². The number of nitrogens with zero attached hydrogens (tertiary/aromatic N) is 1. The maximum atomic E-state index is 5.91. The molecule has 0 aliphatic rings. The number of anilines is 3. The molecular formula is C17H16BrN3. The molecule has 0 radical (unpaired) electrons. The zero-order chi connectivity index (χ0) is 15.0. The number of rotatable bonds is 2. The lowest BCUT2D eigenvalue weighted by Crippen LogP contribution is -1.96. The predicted octanol–water partition coefficient (Wildman–Crippen LogP) is 4.94. The van der Waals surface area contributed by atoms with Crippen molar-refractivity contribution >= 4 is 43.9 Å². The molecule has 4 heteroatoms. The second-order valence-corrected chi connectivity index (χ2v) is 6.03. The number of nitrogen functional groups attached to an aromatic ring is 1. The largest absolute Gasteiger partial charge is 0.399 e. The number of hydrogen-bond acceptors (Lipinski definition) is 3. The predicted molar refractivity (Wildman–Crippen MR) is 93.1 cm³/mol. The highest BCUT2D eigenvalue weighted by atomic mass is 79.9. The Balaban J connectivity index is 2.10. The molecule has 0 atom stereocenters. The van der Waals surface area contributed by atoms with Gasteiger partial charge in [0.25, 0.3) is 0 Å². The maximum Gasteiger partial charge on any atom is 0.0727 e. The van der Waals surface area contributed by atoms with Crippen LogP contribution in [0, 0.1) is 13.8 Å². The number of nitrogens with one attached hydrogen (secondary N) is 1. The van der Waals surface area contributed by atoms with Gasteiger partial charge in [0.2, 0.25) is 0 Å². The fraction of sp³-hybridized carbons (Fsp3) is 0.118. The molecule has 2 aromatic carbocycles. The number of pyridine rings is 1. The number of aromatic nitrogens is 1. The van der Waals surface area contributed by atoms with Crippen LogP contribution in [0.2, 0.25) is 0 Å². The third kappa shape index (κ3) is 2.85. The number of benzene rings is 2. The minimum Gasteiger partial charge on any atom is -0.399 e. The van der Waals surface area contributed by atoms with Crippen molar-refractivity contribution in [2.45, 2.75) is 13.8 Å². The van der Waals surface area contributed by atoms with Gasteiger partial charge in [0.15, 0.2) is 0 Å². The molecule has 0 saturated heterocycles. The zero-order valence-corrected chi connectivity index (χ0v) is 13.5. The van der Waals surface area contributed by atoms with Crippen molar-refractivity contribution in [1.29, 1.82) is 0 Å². The molecule has 0 unspecified atom stereocenters. The SMILES string of the molecule is Cc1cc(Nc2ccc(C)c(Br)c2)c2cc(N)ccc2n1. The molecule has 0 fully saturated rings. The first-order valence-corrected chi connectivity index (χ1v) is 7.52. The fourth-order valence-corrected chi connectivity index (χ4v) is 2.68. The minimum absolute atomic E-state index is 0.737. The Morgan fingerprint density at radius 1 is 1.05 bits per heavy atom. The summed E-state index contributed by atoms with van der Waals surface area (Å²) in [5, 5.41) is 4.48. The monoisotopic (exact) mass is 341 g/mol. The Kier molecular flexibility index (Phi) is 3.55. The van der Waals surface area contributed by atoms with Crippen LogP contribution in [0.15, 0.2) is 46.9 Å². The first kappa shape index (κ1) is 13.9. The average Bonchev–Trinajstić information content (AvgIpc) is 2.43. The van der Waals surface area contributed by atoms with E-state index < -0.39 is 0 Å². The van der Waals surface area contributed by atoms with Gasteiger partial charge in [0.1, 0.15) is 0 Å². The van der Waals surface area contributed by atoms with Crippen LogP contribution in [0.25, 0.3) is 10.9 Å². The topological polar surface area (TPSA) is 50.9 Å². The first-order valence-electron chi connectivity index (χ1n) is 6.73. The summed E-state index contributed by atoms with van der Waals surface area (Å²) in [5.41, 5.74) is 11.8. The van der Waals surface area contributed by atoms with Crippen molar-refractivity contribution in [2.24, 2.45) is 0 Å². The lowest BCUT2D eigenvalue weighted by molar-refractivity contribution is 1.25. The van der Waals surface area contributed by atoms with Gasteiger partial charge in [0, 0.05) is 32.6 Å². The zero-order valence-electron chi connectivity index (χ0n) is 11.9. The molecule has 3 rings (SSSR count). The van der Waals surface area contributed by atoms with Gasteiger partial charge in [-0.15, -0.1) is 0 Å². The van der Waals surface area contributed by atoms with Crippen molar-refractivity contribution in [3.63, 3.8) is 0 Å². The van der Waals surface area contributed by atoms with Crippen LogP contribution >= 0.6 is 15.9 Å². The molecule has 21 heavy (non-hydrogen) atoms. The van der Waals surface area contributed by atoms with E-state index >= 15 is 0 Å². The summed E-state index contributed by atoms with van der Waals surface area (Å²) in [7, 11) is 0. The van der Waals surface area contributed by atoms with Gasteiger partial charge >= 0.3 is 0 Å². The summed E-state index contributed by atoms with van der Waals surface area (Å²) in [5.74, 6) is 0. The highest BCUT2D eigenvalue weighted by molar-refractivity contribution is 9.10. The lowest BCUT2D eigenvalue weighted by atomic mass is 10.1. The molecule has 1 aromatic heterocycles. The van der Waals surface area contributed by atoms with Crippen molar-refractivity contribution in [1.82, 2.24) is 4.98 Å². The molecule has 106 valence electrons. The molecule has 1 heterocycles. The molecule has 0 aliphatic heterocycles. The van der Waals surface area contributed by atoms with Crippen molar-refractivity contribution in [3.05, 3.63) is 58.2 Å². The molecule has 0 bridgehead atoms. The van der Waals surface area contributed by atoms with E-state index in [2.05, 4.69) is 51.4 Å². The van der Waals surface area contributed by atoms with Crippen LogP contribution in [0.1, 0.15) is 11.3 Å². The van der Waals surface area contributed by atoms with Crippen LogP contribution in [0.3, 0.4) is 0 Å². The van der Waals surface area contributed by atoms with E-state index in [4.69, 9.17) is 5.73 Å². The van der Waals surface area contributed by atoms with Crippen LogP contribution in [0.4, 0.5) is 17.1 Å². The van der Waals surface area contributed by atoms with Crippen molar-refractivity contribution < 1.29 is 0 Å². The molecule has 0 aliphatic carbocycles. The van der Waals surface area contributed by atoms with Crippen LogP contribution in [-0.2, 0) is 0 Å². The summed E-state index contributed by atoms with van der Waals surface area (Å²) in [6.07, 6.45) is 0. The molecule has 0 amide bonds. The molecule has 3 nitrogen and oxygen atoms in total. The Hall–Kier alpha value is -2.07. The van der Waals surface area contributed by atoms with Crippen molar-refractivity contribution in [2.75, 3.05) is 11.1 Å².